The Labute approximate surface area is 125 Å². The van der Waals surface area contributed by atoms with Gasteiger partial charge in [-0.15, -0.1) is 11.3 Å². The number of ether oxygens (including phenoxy) is 1. The summed E-state index contributed by atoms with van der Waals surface area (Å²) in [5.41, 5.74) is 7.80. The number of aromatic amines is 1. The lowest BCUT2D eigenvalue weighted by molar-refractivity contribution is 0.415. The Balaban J connectivity index is 1.86. The largest absolute Gasteiger partial charge is 0.497 e. The molecule has 0 aliphatic carbocycles. The Bertz CT molecular complexity index is 694. The van der Waals surface area contributed by atoms with Gasteiger partial charge < -0.3 is 15.5 Å². The average molecular weight is 305 g/mol. The van der Waals surface area contributed by atoms with E-state index in [9.17, 15) is 0 Å². The van der Waals surface area contributed by atoms with Gasteiger partial charge in [0.25, 0.3) is 0 Å². The lowest BCUT2D eigenvalue weighted by Crippen LogP contribution is -2.08. The standard InChI is InChI=1S/C14H15N3OS2/c1-18-9-4-5-10-11(7-9)17-14(16-10)20-13(8-15)12-3-2-6-19-12/h2-7,13H,8,15H2,1H3,(H,16,17). The second kappa shape index (κ2) is 5.87. The fraction of sp³-hybridized carbons (Fsp3) is 0.214. The number of aromatic nitrogens is 2. The van der Waals surface area contributed by atoms with Gasteiger partial charge in [0.05, 0.1) is 23.4 Å². The fourth-order valence-electron chi connectivity index (χ4n) is 1.98. The number of hydrogen-bond acceptors (Lipinski definition) is 5. The molecular weight excluding hydrogens is 290 g/mol. The lowest BCUT2D eigenvalue weighted by atomic mass is 10.3. The summed E-state index contributed by atoms with van der Waals surface area (Å²) in [7, 11) is 1.66. The minimum Gasteiger partial charge on any atom is -0.497 e. The number of benzene rings is 1. The maximum atomic E-state index is 5.88. The van der Waals surface area contributed by atoms with E-state index < -0.39 is 0 Å². The van der Waals surface area contributed by atoms with Gasteiger partial charge in [0.1, 0.15) is 5.75 Å². The highest BCUT2D eigenvalue weighted by molar-refractivity contribution is 7.99. The van der Waals surface area contributed by atoms with E-state index in [0.717, 1.165) is 21.9 Å². The molecule has 0 saturated carbocycles. The third kappa shape index (κ3) is 2.67. The van der Waals surface area contributed by atoms with Gasteiger partial charge in [-0.25, -0.2) is 4.98 Å². The Morgan fingerprint density at radius 1 is 1.45 bits per heavy atom. The SMILES string of the molecule is COc1ccc2nc(SC(CN)c3cccs3)[nH]c2c1. The monoisotopic (exact) mass is 305 g/mol. The van der Waals surface area contributed by atoms with Crippen LogP contribution in [0.5, 0.6) is 5.75 Å². The molecule has 0 aliphatic rings. The van der Waals surface area contributed by atoms with Crippen LogP contribution in [-0.4, -0.2) is 23.6 Å². The Morgan fingerprint density at radius 3 is 3.05 bits per heavy atom. The maximum absolute atomic E-state index is 5.88. The van der Waals surface area contributed by atoms with E-state index in [-0.39, 0.29) is 5.25 Å². The summed E-state index contributed by atoms with van der Waals surface area (Å²) in [6.07, 6.45) is 0. The van der Waals surface area contributed by atoms with E-state index in [2.05, 4.69) is 21.4 Å². The van der Waals surface area contributed by atoms with Crippen molar-refractivity contribution in [3.05, 3.63) is 40.6 Å². The minimum absolute atomic E-state index is 0.234. The molecule has 0 saturated heterocycles. The third-order valence-corrected chi connectivity index (χ3v) is 5.28. The van der Waals surface area contributed by atoms with Gasteiger partial charge in [-0.3, -0.25) is 0 Å². The molecule has 20 heavy (non-hydrogen) atoms. The van der Waals surface area contributed by atoms with Crippen molar-refractivity contribution in [3.63, 3.8) is 0 Å². The molecule has 0 amide bonds. The number of methoxy groups -OCH3 is 1. The third-order valence-electron chi connectivity index (χ3n) is 3.00. The molecule has 3 N–H and O–H groups in total. The highest BCUT2D eigenvalue weighted by Gasteiger charge is 2.15. The summed E-state index contributed by atoms with van der Waals surface area (Å²) >= 11 is 3.39. The lowest BCUT2D eigenvalue weighted by Gasteiger charge is -2.09. The second-order valence-electron chi connectivity index (χ2n) is 4.28. The van der Waals surface area contributed by atoms with Crippen molar-refractivity contribution < 1.29 is 4.74 Å². The molecule has 0 spiro atoms. The molecular formula is C14H15N3OS2. The highest BCUT2D eigenvalue weighted by Crippen LogP contribution is 2.36. The topological polar surface area (TPSA) is 63.9 Å². The molecule has 2 heterocycles. The number of nitrogens with zero attached hydrogens (tertiary/aromatic N) is 1. The normalized spacial score (nSPS) is 12.7. The van der Waals surface area contributed by atoms with Crippen molar-refractivity contribution in [2.45, 2.75) is 10.4 Å². The van der Waals surface area contributed by atoms with Crippen molar-refractivity contribution in [2.24, 2.45) is 5.73 Å². The van der Waals surface area contributed by atoms with Crippen LogP contribution in [-0.2, 0) is 0 Å². The van der Waals surface area contributed by atoms with Crippen LogP contribution in [0.2, 0.25) is 0 Å². The highest BCUT2D eigenvalue weighted by atomic mass is 32.2. The zero-order chi connectivity index (χ0) is 13.9. The van der Waals surface area contributed by atoms with Gasteiger partial charge in [0, 0.05) is 17.5 Å². The van der Waals surface area contributed by atoms with Crippen molar-refractivity contribution in [3.8, 4) is 5.75 Å². The van der Waals surface area contributed by atoms with Crippen LogP contribution >= 0.6 is 23.1 Å². The van der Waals surface area contributed by atoms with Gasteiger partial charge in [-0.2, -0.15) is 0 Å². The predicted octanol–water partition coefficient (Wildman–Crippen LogP) is 3.43. The number of thioether (sulfide) groups is 1. The van der Waals surface area contributed by atoms with Gasteiger partial charge in [-0.1, -0.05) is 17.8 Å². The molecule has 6 heteroatoms. The van der Waals surface area contributed by atoms with Crippen molar-refractivity contribution in [2.75, 3.05) is 13.7 Å². The zero-order valence-corrected chi connectivity index (χ0v) is 12.6. The van der Waals surface area contributed by atoms with E-state index in [1.807, 2.05) is 24.3 Å². The number of fused-ring (bicyclic) bond motifs is 1. The molecule has 1 unspecified atom stereocenters. The van der Waals surface area contributed by atoms with Crippen molar-refractivity contribution in [1.29, 1.82) is 0 Å². The van der Waals surface area contributed by atoms with E-state index >= 15 is 0 Å². The first-order valence-electron chi connectivity index (χ1n) is 6.24. The molecule has 104 valence electrons. The number of rotatable bonds is 5. The van der Waals surface area contributed by atoms with Crippen LogP contribution < -0.4 is 10.5 Å². The summed E-state index contributed by atoms with van der Waals surface area (Å²) in [5.74, 6) is 0.825. The number of H-pyrrole nitrogens is 1. The van der Waals surface area contributed by atoms with Crippen LogP contribution in [0.1, 0.15) is 10.1 Å². The average Bonchev–Trinajstić information content (AvgIpc) is 3.12. The summed E-state index contributed by atoms with van der Waals surface area (Å²) in [4.78, 5) is 9.18. The number of nitrogens with one attached hydrogen (secondary N) is 1. The van der Waals surface area contributed by atoms with E-state index in [1.54, 1.807) is 30.2 Å². The van der Waals surface area contributed by atoms with Gasteiger partial charge in [-0.05, 0) is 23.6 Å². The van der Waals surface area contributed by atoms with Gasteiger partial charge in [0.15, 0.2) is 5.16 Å². The molecule has 0 fully saturated rings. The molecule has 3 aromatic rings. The summed E-state index contributed by atoms with van der Waals surface area (Å²) in [6, 6.07) is 9.98. The smallest absolute Gasteiger partial charge is 0.167 e. The first-order chi connectivity index (χ1) is 9.80. The van der Waals surface area contributed by atoms with E-state index in [1.165, 1.54) is 4.88 Å². The number of hydrogen-bond donors (Lipinski definition) is 2. The molecule has 3 rings (SSSR count). The van der Waals surface area contributed by atoms with Crippen LogP contribution in [0.3, 0.4) is 0 Å². The molecule has 2 aromatic heterocycles. The number of thiophene rings is 1. The van der Waals surface area contributed by atoms with Crippen LogP contribution in [0.15, 0.2) is 40.9 Å². The Hall–Kier alpha value is -1.50. The summed E-state index contributed by atoms with van der Waals surface area (Å²) in [6.45, 7) is 0.589. The number of imidazole rings is 1. The first kappa shape index (κ1) is 13.5. The van der Waals surface area contributed by atoms with Crippen LogP contribution in [0.25, 0.3) is 11.0 Å². The minimum atomic E-state index is 0.234. The van der Waals surface area contributed by atoms with Crippen LogP contribution in [0.4, 0.5) is 0 Å². The van der Waals surface area contributed by atoms with Crippen LogP contribution in [0, 0.1) is 0 Å². The van der Waals surface area contributed by atoms with Crippen molar-refractivity contribution in [1.82, 2.24) is 9.97 Å². The molecule has 1 atom stereocenters. The molecule has 0 bridgehead atoms. The fourth-order valence-corrected chi connectivity index (χ4v) is 3.89. The Morgan fingerprint density at radius 2 is 2.35 bits per heavy atom. The second-order valence-corrected chi connectivity index (χ2v) is 6.45. The molecule has 1 aromatic carbocycles. The predicted molar refractivity (Wildman–Crippen MR) is 84.6 cm³/mol. The van der Waals surface area contributed by atoms with Gasteiger partial charge in [0.2, 0.25) is 0 Å². The maximum Gasteiger partial charge on any atom is 0.167 e. The van der Waals surface area contributed by atoms with E-state index in [4.69, 9.17) is 10.5 Å². The van der Waals surface area contributed by atoms with E-state index in [0.29, 0.717) is 6.54 Å². The molecule has 0 aliphatic heterocycles. The number of nitrogens with two attached hydrogens (primary N) is 1. The molecule has 0 radical (unpaired) electrons. The Kier molecular flexibility index (Phi) is 3.95. The summed E-state index contributed by atoms with van der Waals surface area (Å²) < 4.78 is 5.22. The van der Waals surface area contributed by atoms with Crippen molar-refractivity contribution >= 4 is 34.1 Å². The first-order valence-corrected chi connectivity index (χ1v) is 8.00. The molecule has 4 nitrogen and oxygen atoms in total. The summed E-state index contributed by atoms with van der Waals surface area (Å²) in [5, 5.41) is 3.19. The van der Waals surface area contributed by atoms with Gasteiger partial charge >= 0.3 is 0 Å². The quantitative estimate of drug-likeness (QED) is 0.709. The zero-order valence-electron chi connectivity index (χ0n) is 11.0.